The number of nitrogens with zero attached hydrogens (tertiary/aromatic N) is 1. The zero-order valence-corrected chi connectivity index (χ0v) is 17.2. The predicted molar refractivity (Wildman–Crippen MR) is 118 cm³/mol. The summed E-state index contributed by atoms with van der Waals surface area (Å²) in [6.07, 6.45) is 5.61. The number of fused-ring (bicyclic) bond motifs is 1. The molecule has 3 nitrogen and oxygen atoms in total. The van der Waals surface area contributed by atoms with Gasteiger partial charge in [-0.2, -0.15) is 0 Å². The van der Waals surface area contributed by atoms with Crippen molar-refractivity contribution in [2.45, 2.75) is 45.6 Å². The summed E-state index contributed by atoms with van der Waals surface area (Å²) in [5.41, 5.74) is 4.22. The molecule has 0 bridgehead atoms. The number of para-hydroxylation sites is 1. The summed E-state index contributed by atoms with van der Waals surface area (Å²) in [4.78, 5) is 18.5. The van der Waals surface area contributed by atoms with E-state index in [2.05, 4.69) is 56.6 Å². The highest BCUT2D eigenvalue weighted by Crippen LogP contribution is 2.24. The van der Waals surface area contributed by atoms with E-state index in [0.717, 1.165) is 34.9 Å². The van der Waals surface area contributed by atoms with Gasteiger partial charge in [-0.15, -0.1) is 6.58 Å². The zero-order valence-electron chi connectivity index (χ0n) is 17.2. The SMILES string of the molecule is C=CCCCN(Cc1ccc(C(C)(C)C)cc1)C(=O)c1cccc2cc[nH]c12. The summed E-state index contributed by atoms with van der Waals surface area (Å²) in [7, 11) is 0. The number of carbonyl (C=O) groups excluding carboxylic acids is 1. The number of carbonyl (C=O) groups is 1. The number of aromatic nitrogens is 1. The van der Waals surface area contributed by atoms with Crippen molar-refractivity contribution >= 4 is 16.8 Å². The summed E-state index contributed by atoms with van der Waals surface area (Å²) in [5.74, 6) is 0.0667. The summed E-state index contributed by atoms with van der Waals surface area (Å²) >= 11 is 0. The van der Waals surface area contributed by atoms with Gasteiger partial charge in [0.25, 0.3) is 5.91 Å². The van der Waals surface area contributed by atoms with Gasteiger partial charge < -0.3 is 9.88 Å². The van der Waals surface area contributed by atoms with Gasteiger partial charge in [0.1, 0.15) is 0 Å². The number of allylic oxidation sites excluding steroid dienone is 1. The van der Waals surface area contributed by atoms with Crippen molar-refractivity contribution in [3.63, 3.8) is 0 Å². The second-order valence-corrected chi connectivity index (χ2v) is 8.35. The first kappa shape index (κ1) is 19.9. The van der Waals surface area contributed by atoms with Crippen molar-refractivity contribution in [2.24, 2.45) is 0 Å². The van der Waals surface area contributed by atoms with Gasteiger partial charge >= 0.3 is 0 Å². The minimum Gasteiger partial charge on any atom is -0.361 e. The Morgan fingerprint density at radius 3 is 2.54 bits per heavy atom. The summed E-state index contributed by atoms with van der Waals surface area (Å²) in [5, 5.41) is 1.06. The molecule has 0 aliphatic carbocycles. The molecule has 1 aromatic heterocycles. The van der Waals surface area contributed by atoms with Crippen LogP contribution >= 0.6 is 0 Å². The van der Waals surface area contributed by atoms with Crippen LogP contribution in [0.1, 0.15) is 55.1 Å². The van der Waals surface area contributed by atoms with Crippen LogP contribution in [0.25, 0.3) is 10.9 Å². The molecule has 0 spiro atoms. The monoisotopic (exact) mass is 374 g/mol. The van der Waals surface area contributed by atoms with E-state index in [-0.39, 0.29) is 11.3 Å². The molecule has 0 radical (unpaired) electrons. The normalized spacial score (nSPS) is 11.5. The summed E-state index contributed by atoms with van der Waals surface area (Å²) in [6, 6.07) is 16.5. The molecule has 0 atom stereocenters. The molecule has 1 amide bonds. The zero-order chi connectivity index (χ0) is 20.1. The topological polar surface area (TPSA) is 36.1 Å². The van der Waals surface area contributed by atoms with Gasteiger partial charge in [-0.25, -0.2) is 0 Å². The molecule has 146 valence electrons. The Morgan fingerprint density at radius 1 is 1.11 bits per heavy atom. The molecule has 0 fully saturated rings. The van der Waals surface area contributed by atoms with Crippen LogP contribution in [0.4, 0.5) is 0 Å². The van der Waals surface area contributed by atoms with Crippen LogP contribution in [-0.2, 0) is 12.0 Å². The lowest BCUT2D eigenvalue weighted by Crippen LogP contribution is -2.31. The lowest BCUT2D eigenvalue weighted by Gasteiger charge is -2.24. The van der Waals surface area contributed by atoms with Gasteiger partial charge in [-0.1, -0.05) is 63.2 Å². The summed E-state index contributed by atoms with van der Waals surface area (Å²) in [6.45, 7) is 11.8. The number of nitrogens with one attached hydrogen (secondary N) is 1. The van der Waals surface area contributed by atoms with E-state index in [9.17, 15) is 4.79 Å². The number of amides is 1. The molecule has 1 N–H and O–H groups in total. The predicted octanol–water partition coefficient (Wildman–Crippen LogP) is 6.07. The van der Waals surface area contributed by atoms with Crippen molar-refractivity contribution in [2.75, 3.05) is 6.54 Å². The van der Waals surface area contributed by atoms with Crippen LogP contribution in [0.15, 0.2) is 67.4 Å². The minimum atomic E-state index is 0.0667. The average Bonchev–Trinajstić information content (AvgIpc) is 3.15. The van der Waals surface area contributed by atoms with E-state index < -0.39 is 0 Å². The highest BCUT2D eigenvalue weighted by Gasteiger charge is 2.19. The molecule has 0 saturated heterocycles. The van der Waals surface area contributed by atoms with Gasteiger partial charge in [0.05, 0.1) is 11.1 Å². The second kappa shape index (κ2) is 8.47. The number of hydrogen-bond donors (Lipinski definition) is 1. The number of unbranched alkanes of at least 4 members (excludes halogenated alkanes) is 1. The van der Waals surface area contributed by atoms with Crippen molar-refractivity contribution in [3.05, 3.63) is 84.1 Å². The Bertz CT molecular complexity index is 945. The lowest BCUT2D eigenvalue weighted by atomic mass is 9.87. The first-order valence-corrected chi connectivity index (χ1v) is 9.96. The third-order valence-corrected chi connectivity index (χ3v) is 5.13. The molecule has 0 aliphatic rings. The van der Waals surface area contributed by atoms with E-state index in [1.807, 2.05) is 41.4 Å². The van der Waals surface area contributed by atoms with Crippen molar-refractivity contribution < 1.29 is 4.79 Å². The van der Waals surface area contributed by atoms with Gasteiger partial charge in [0.2, 0.25) is 0 Å². The van der Waals surface area contributed by atoms with E-state index >= 15 is 0 Å². The van der Waals surface area contributed by atoms with Crippen LogP contribution in [0.5, 0.6) is 0 Å². The number of H-pyrrole nitrogens is 1. The highest BCUT2D eigenvalue weighted by atomic mass is 16.2. The Morgan fingerprint density at radius 2 is 1.86 bits per heavy atom. The molecule has 0 saturated carbocycles. The fourth-order valence-electron chi connectivity index (χ4n) is 3.44. The lowest BCUT2D eigenvalue weighted by molar-refractivity contribution is 0.0743. The molecule has 3 heteroatoms. The first-order chi connectivity index (χ1) is 13.4. The van der Waals surface area contributed by atoms with E-state index in [4.69, 9.17) is 0 Å². The molecule has 1 heterocycles. The van der Waals surface area contributed by atoms with Gasteiger partial charge in [-0.05, 0) is 41.5 Å². The quantitative estimate of drug-likeness (QED) is 0.395. The number of benzene rings is 2. The van der Waals surface area contributed by atoms with Crippen LogP contribution in [0.2, 0.25) is 0 Å². The van der Waals surface area contributed by atoms with Crippen LogP contribution in [0.3, 0.4) is 0 Å². The van der Waals surface area contributed by atoms with E-state index in [1.54, 1.807) is 0 Å². The van der Waals surface area contributed by atoms with Gasteiger partial charge in [-0.3, -0.25) is 4.79 Å². The maximum atomic E-state index is 13.4. The molecule has 28 heavy (non-hydrogen) atoms. The molecule has 3 rings (SSSR count). The first-order valence-electron chi connectivity index (χ1n) is 9.96. The molecular weight excluding hydrogens is 344 g/mol. The maximum Gasteiger partial charge on any atom is 0.256 e. The van der Waals surface area contributed by atoms with Gasteiger partial charge in [0.15, 0.2) is 0 Å². The highest BCUT2D eigenvalue weighted by molar-refractivity contribution is 6.05. The molecular formula is C25H30N2O. The maximum absolute atomic E-state index is 13.4. The van der Waals surface area contributed by atoms with Gasteiger partial charge in [0, 0.05) is 24.7 Å². The standard InChI is InChI=1S/C25H30N2O/c1-5-6-7-17-27(18-19-11-13-21(14-12-19)25(2,3)4)24(28)22-10-8-9-20-15-16-26-23(20)22/h5,8-16,26H,1,6-7,17-18H2,2-4H3. The fraction of sp³-hybridized carbons (Fsp3) is 0.320. The van der Waals surface area contributed by atoms with Crippen LogP contribution in [0, 0.1) is 0 Å². The number of rotatable bonds is 7. The summed E-state index contributed by atoms with van der Waals surface area (Å²) < 4.78 is 0. The smallest absolute Gasteiger partial charge is 0.256 e. The molecule has 2 aromatic carbocycles. The van der Waals surface area contributed by atoms with Crippen LogP contribution < -0.4 is 0 Å². The fourth-order valence-corrected chi connectivity index (χ4v) is 3.44. The van der Waals surface area contributed by atoms with Crippen molar-refractivity contribution in [1.82, 2.24) is 9.88 Å². The third-order valence-electron chi connectivity index (χ3n) is 5.13. The van der Waals surface area contributed by atoms with Crippen molar-refractivity contribution in [3.8, 4) is 0 Å². The molecule has 0 aliphatic heterocycles. The largest absolute Gasteiger partial charge is 0.361 e. The number of aromatic amines is 1. The Hall–Kier alpha value is -2.81. The second-order valence-electron chi connectivity index (χ2n) is 8.35. The van der Waals surface area contributed by atoms with E-state index in [1.165, 1.54) is 5.56 Å². The molecule has 3 aromatic rings. The third kappa shape index (κ3) is 4.53. The van der Waals surface area contributed by atoms with E-state index in [0.29, 0.717) is 13.1 Å². The number of hydrogen-bond acceptors (Lipinski definition) is 1. The Kier molecular flexibility index (Phi) is 6.03. The Labute approximate surface area is 168 Å². The minimum absolute atomic E-state index is 0.0667. The average molecular weight is 375 g/mol. The van der Waals surface area contributed by atoms with Crippen molar-refractivity contribution in [1.29, 1.82) is 0 Å². The molecule has 0 unspecified atom stereocenters. The Balaban J connectivity index is 1.85. The van der Waals surface area contributed by atoms with Crippen LogP contribution in [-0.4, -0.2) is 22.3 Å².